The third-order valence-electron chi connectivity index (χ3n) is 2.86. The van der Waals surface area contributed by atoms with E-state index < -0.39 is 0 Å². The Bertz CT molecular complexity index is 155. The molecule has 70 valence electrons. The summed E-state index contributed by atoms with van der Waals surface area (Å²) in [5.74, 6) is 0. The predicted molar refractivity (Wildman–Crippen MR) is 55.7 cm³/mol. The van der Waals surface area contributed by atoms with E-state index in [1.807, 2.05) is 0 Å². The first-order valence-electron chi connectivity index (χ1n) is 4.60. The highest BCUT2D eigenvalue weighted by Crippen LogP contribution is 2.39. The molecule has 0 saturated carbocycles. The summed E-state index contributed by atoms with van der Waals surface area (Å²) in [4.78, 5) is 0. The van der Waals surface area contributed by atoms with E-state index in [0.717, 1.165) is 24.2 Å². The normalized spacial score (nSPS) is 42.2. The Hall–Kier alpha value is 0.650. The smallest absolute Gasteiger partial charge is 0.0671 e. The second-order valence-corrected chi connectivity index (χ2v) is 4.83. The Morgan fingerprint density at radius 3 is 2.92 bits per heavy atom. The standard InChI is InChI=1S/C9H15IO2/c10-5-8-4-9(7-12-8)2-1-3-11-6-9/h8H,1-7H2/t8-,9-/m0/s1. The number of ether oxygens (including phenoxy) is 2. The van der Waals surface area contributed by atoms with E-state index in [4.69, 9.17) is 9.47 Å². The molecule has 2 aliphatic heterocycles. The number of halogens is 1. The van der Waals surface area contributed by atoms with Gasteiger partial charge in [0.1, 0.15) is 0 Å². The number of alkyl halides is 1. The molecule has 0 unspecified atom stereocenters. The number of rotatable bonds is 1. The van der Waals surface area contributed by atoms with Crippen LogP contribution in [0, 0.1) is 5.41 Å². The van der Waals surface area contributed by atoms with Crippen LogP contribution in [-0.4, -0.2) is 30.4 Å². The highest BCUT2D eigenvalue weighted by atomic mass is 127. The van der Waals surface area contributed by atoms with Gasteiger partial charge in [0.2, 0.25) is 0 Å². The minimum Gasteiger partial charge on any atom is -0.381 e. The van der Waals surface area contributed by atoms with Crippen molar-refractivity contribution >= 4 is 22.6 Å². The molecule has 0 aliphatic carbocycles. The summed E-state index contributed by atoms with van der Waals surface area (Å²) in [5, 5.41) is 0. The van der Waals surface area contributed by atoms with E-state index in [1.54, 1.807) is 0 Å². The molecule has 2 aliphatic rings. The third kappa shape index (κ3) is 1.77. The molecule has 0 radical (unpaired) electrons. The van der Waals surface area contributed by atoms with E-state index >= 15 is 0 Å². The van der Waals surface area contributed by atoms with E-state index in [0.29, 0.717) is 11.5 Å². The van der Waals surface area contributed by atoms with Gasteiger partial charge >= 0.3 is 0 Å². The Morgan fingerprint density at radius 2 is 2.33 bits per heavy atom. The summed E-state index contributed by atoms with van der Waals surface area (Å²) in [7, 11) is 0. The van der Waals surface area contributed by atoms with Crippen LogP contribution in [0.1, 0.15) is 19.3 Å². The maximum atomic E-state index is 5.71. The van der Waals surface area contributed by atoms with Crippen LogP contribution in [0.15, 0.2) is 0 Å². The quantitative estimate of drug-likeness (QED) is 0.541. The van der Waals surface area contributed by atoms with E-state index in [1.165, 1.54) is 19.3 Å². The summed E-state index contributed by atoms with van der Waals surface area (Å²) in [5.41, 5.74) is 0.397. The van der Waals surface area contributed by atoms with Crippen LogP contribution in [0.5, 0.6) is 0 Å². The molecule has 2 nitrogen and oxygen atoms in total. The molecule has 0 aromatic carbocycles. The Morgan fingerprint density at radius 1 is 1.42 bits per heavy atom. The third-order valence-corrected chi connectivity index (χ3v) is 3.84. The second-order valence-electron chi connectivity index (χ2n) is 3.95. The van der Waals surface area contributed by atoms with Gasteiger partial charge in [-0.15, -0.1) is 0 Å². The molecule has 3 heteroatoms. The molecule has 2 saturated heterocycles. The summed E-state index contributed by atoms with van der Waals surface area (Å²) in [6, 6.07) is 0. The fraction of sp³-hybridized carbons (Fsp3) is 1.00. The molecule has 12 heavy (non-hydrogen) atoms. The maximum Gasteiger partial charge on any atom is 0.0671 e. The molecule has 0 aromatic heterocycles. The molecule has 0 aromatic rings. The Balaban J connectivity index is 1.94. The van der Waals surface area contributed by atoms with Crippen molar-refractivity contribution < 1.29 is 9.47 Å². The van der Waals surface area contributed by atoms with Gasteiger partial charge in [0.25, 0.3) is 0 Å². The SMILES string of the molecule is IC[C@@H]1C[C@]2(CCCOC2)CO1. The molecule has 2 fully saturated rings. The first-order valence-corrected chi connectivity index (χ1v) is 6.13. The fourth-order valence-electron chi connectivity index (χ4n) is 2.18. The predicted octanol–water partition coefficient (Wildman–Crippen LogP) is 2.01. The van der Waals surface area contributed by atoms with Gasteiger partial charge in [0.15, 0.2) is 0 Å². The van der Waals surface area contributed by atoms with Gasteiger partial charge in [0, 0.05) is 16.4 Å². The van der Waals surface area contributed by atoms with Gasteiger partial charge in [-0.05, 0) is 19.3 Å². The van der Waals surface area contributed by atoms with Crippen molar-refractivity contribution in [2.45, 2.75) is 25.4 Å². The molecule has 2 atom stereocenters. The van der Waals surface area contributed by atoms with Crippen LogP contribution >= 0.6 is 22.6 Å². The van der Waals surface area contributed by atoms with Crippen LogP contribution in [0.4, 0.5) is 0 Å². The molecule has 0 N–H and O–H groups in total. The monoisotopic (exact) mass is 282 g/mol. The van der Waals surface area contributed by atoms with Gasteiger partial charge in [-0.1, -0.05) is 22.6 Å². The highest BCUT2D eigenvalue weighted by Gasteiger charge is 2.41. The van der Waals surface area contributed by atoms with Crippen LogP contribution in [-0.2, 0) is 9.47 Å². The zero-order valence-electron chi connectivity index (χ0n) is 7.22. The molecule has 0 bridgehead atoms. The minimum absolute atomic E-state index is 0.397. The summed E-state index contributed by atoms with van der Waals surface area (Å²) in [6.07, 6.45) is 4.24. The molecule has 2 heterocycles. The van der Waals surface area contributed by atoms with E-state index in [2.05, 4.69) is 22.6 Å². The summed E-state index contributed by atoms with van der Waals surface area (Å²) in [6.45, 7) is 2.82. The maximum absolute atomic E-state index is 5.71. The minimum atomic E-state index is 0.397. The van der Waals surface area contributed by atoms with Crippen molar-refractivity contribution in [2.24, 2.45) is 5.41 Å². The van der Waals surface area contributed by atoms with Crippen molar-refractivity contribution in [3.8, 4) is 0 Å². The molecular weight excluding hydrogens is 267 g/mol. The van der Waals surface area contributed by atoms with Crippen LogP contribution in [0.3, 0.4) is 0 Å². The first kappa shape index (κ1) is 9.21. The lowest BCUT2D eigenvalue weighted by molar-refractivity contribution is -0.0132. The van der Waals surface area contributed by atoms with Crippen molar-refractivity contribution in [2.75, 3.05) is 24.2 Å². The van der Waals surface area contributed by atoms with Crippen molar-refractivity contribution in [1.82, 2.24) is 0 Å². The van der Waals surface area contributed by atoms with Gasteiger partial charge in [-0.3, -0.25) is 0 Å². The van der Waals surface area contributed by atoms with Gasteiger partial charge < -0.3 is 9.47 Å². The zero-order valence-corrected chi connectivity index (χ0v) is 9.38. The lowest BCUT2D eigenvalue weighted by atomic mass is 9.81. The van der Waals surface area contributed by atoms with E-state index in [9.17, 15) is 0 Å². The summed E-state index contributed by atoms with van der Waals surface area (Å²) >= 11 is 2.40. The number of hydrogen-bond acceptors (Lipinski definition) is 2. The van der Waals surface area contributed by atoms with Gasteiger partial charge in [-0.25, -0.2) is 0 Å². The molecular formula is C9H15IO2. The first-order chi connectivity index (χ1) is 5.85. The average molecular weight is 282 g/mol. The topological polar surface area (TPSA) is 18.5 Å². The Kier molecular flexibility index (Phi) is 2.92. The fourth-order valence-corrected chi connectivity index (χ4v) is 2.75. The Labute approximate surface area is 87.1 Å². The molecule has 2 rings (SSSR count). The molecule has 0 amide bonds. The van der Waals surface area contributed by atoms with Crippen molar-refractivity contribution in [1.29, 1.82) is 0 Å². The summed E-state index contributed by atoms with van der Waals surface area (Å²) < 4.78 is 12.4. The number of hydrogen-bond donors (Lipinski definition) is 0. The van der Waals surface area contributed by atoms with Crippen molar-refractivity contribution in [3.05, 3.63) is 0 Å². The van der Waals surface area contributed by atoms with Gasteiger partial charge in [-0.2, -0.15) is 0 Å². The second kappa shape index (κ2) is 3.80. The average Bonchev–Trinajstić information content (AvgIpc) is 2.50. The van der Waals surface area contributed by atoms with Crippen molar-refractivity contribution in [3.63, 3.8) is 0 Å². The van der Waals surface area contributed by atoms with Crippen LogP contribution < -0.4 is 0 Å². The molecule has 1 spiro atoms. The lowest BCUT2D eigenvalue weighted by Gasteiger charge is -2.31. The van der Waals surface area contributed by atoms with E-state index in [-0.39, 0.29) is 0 Å². The highest BCUT2D eigenvalue weighted by molar-refractivity contribution is 14.1. The largest absolute Gasteiger partial charge is 0.381 e. The lowest BCUT2D eigenvalue weighted by Crippen LogP contribution is -2.32. The zero-order chi connectivity index (χ0) is 8.44. The van der Waals surface area contributed by atoms with Gasteiger partial charge in [0.05, 0.1) is 19.3 Å². The van der Waals surface area contributed by atoms with Crippen LogP contribution in [0.2, 0.25) is 0 Å². The van der Waals surface area contributed by atoms with Crippen LogP contribution in [0.25, 0.3) is 0 Å².